The van der Waals surface area contributed by atoms with Crippen molar-refractivity contribution in [2.24, 2.45) is 7.05 Å². The van der Waals surface area contributed by atoms with E-state index in [0.29, 0.717) is 40.1 Å². The van der Waals surface area contributed by atoms with E-state index in [1.54, 1.807) is 28.6 Å². The van der Waals surface area contributed by atoms with Crippen LogP contribution in [0.15, 0.2) is 72.8 Å². The number of halogens is 1. The Kier molecular flexibility index (Phi) is 7.40. The fourth-order valence-corrected chi connectivity index (χ4v) is 6.01. The van der Waals surface area contributed by atoms with Crippen molar-refractivity contribution in [3.63, 3.8) is 0 Å². The first kappa shape index (κ1) is 27.4. The molecular formula is C31H32ClN4O4+. The molecule has 40 heavy (non-hydrogen) atoms. The number of phenolic OH excluding ortho intramolecular Hbond substituents is 1. The second-order valence-corrected chi connectivity index (χ2v) is 11.3. The van der Waals surface area contributed by atoms with Gasteiger partial charge in [-0.25, -0.2) is 4.57 Å². The molecule has 1 aliphatic rings. The van der Waals surface area contributed by atoms with Crippen molar-refractivity contribution in [3.8, 4) is 5.75 Å². The highest BCUT2D eigenvalue weighted by molar-refractivity contribution is 6.19. The molecule has 1 aromatic heterocycles. The predicted molar refractivity (Wildman–Crippen MR) is 158 cm³/mol. The number of quaternary nitrogens is 1. The van der Waals surface area contributed by atoms with Crippen LogP contribution in [-0.2, 0) is 24.9 Å². The molecule has 9 heteroatoms. The summed E-state index contributed by atoms with van der Waals surface area (Å²) in [5.41, 5.74) is 3.88. The standard InChI is InChI=1S/C31H31ClN4O4/c1-33-24(20-36(2,3)19-21-9-5-4-6-10-21)15-22(31(33)35(39)40)13-14-29(38)34-18-23(17-32)30-26-12-8-7-11-25(26)28(37)16-27(30)34/h4-16,23H,17-20H2,1-3H3/p+1/b14-13+. The number of hydrogen-bond acceptors (Lipinski definition) is 4. The van der Waals surface area contributed by atoms with Gasteiger partial charge in [-0.2, -0.15) is 0 Å². The van der Waals surface area contributed by atoms with Crippen LogP contribution < -0.4 is 4.90 Å². The van der Waals surface area contributed by atoms with Crippen LogP contribution in [0.3, 0.4) is 0 Å². The van der Waals surface area contributed by atoms with Crippen LogP contribution in [0.2, 0.25) is 0 Å². The summed E-state index contributed by atoms with van der Waals surface area (Å²) >= 11 is 6.30. The molecule has 2 heterocycles. The van der Waals surface area contributed by atoms with Crippen LogP contribution in [0.4, 0.5) is 11.5 Å². The summed E-state index contributed by atoms with van der Waals surface area (Å²) < 4.78 is 2.19. The highest BCUT2D eigenvalue weighted by Crippen LogP contribution is 2.45. The van der Waals surface area contributed by atoms with E-state index in [0.717, 1.165) is 23.2 Å². The second kappa shape index (κ2) is 10.8. The monoisotopic (exact) mass is 559 g/mol. The molecule has 8 nitrogen and oxygen atoms in total. The van der Waals surface area contributed by atoms with E-state index in [-0.39, 0.29) is 23.4 Å². The predicted octanol–water partition coefficient (Wildman–Crippen LogP) is 5.95. The first-order valence-corrected chi connectivity index (χ1v) is 13.6. The van der Waals surface area contributed by atoms with Gasteiger partial charge in [0.05, 0.1) is 32.4 Å². The van der Waals surface area contributed by atoms with E-state index in [1.807, 2.05) is 42.5 Å². The molecular weight excluding hydrogens is 528 g/mol. The van der Waals surface area contributed by atoms with Crippen molar-refractivity contribution in [1.82, 2.24) is 4.57 Å². The molecule has 206 valence electrons. The number of benzene rings is 3. The Morgan fingerprint density at radius 2 is 1.77 bits per heavy atom. The van der Waals surface area contributed by atoms with E-state index in [2.05, 4.69) is 26.2 Å². The SMILES string of the molecule is Cn1c(C[N+](C)(C)Cc2ccccc2)cc(/C=C/C(=O)N2CC(CCl)c3c2cc(O)c2ccccc32)c1[N+](=O)[O-]. The minimum atomic E-state index is -0.413. The normalized spacial score (nSPS) is 15.2. The zero-order valence-electron chi connectivity index (χ0n) is 22.8. The minimum Gasteiger partial charge on any atom is -0.507 e. The Morgan fingerprint density at radius 1 is 1.10 bits per heavy atom. The van der Waals surface area contributed by atoms with Crippen LogP contribution in [0.1, 0.15) is 28.3 Å². The van der Waals surface area contributed by atoms with Crippen molar-refractivity contribution < 1.29 is 19.3 Å². The number of aromatic nitrogens is 1. The molecule has 0 radical (unpaired) electrons. The first-order chi connectivity index (χ1) is 19.1. The molecule has 1 atom stereocenters. The minimum absolute atomic E-state index is 0.0668. The number of carbonyl (C=O) groups excluding carboxylic acids is 1. The van der Waals surface area contributed by atoms with Gasteiger partial charge in [-0.15, -0.1) is 11.6 Å². The van der Waals surface area contributed by atoms with E-state index in [9.17, 15) is 20.0 Å². The topological polar surface area (TPSA) is 88.6 Å². The molecule has 0 bridgehead atoms. The Balaban J connectivity index is 1.43. The maximum absolute atomic E-state index is 13.4. The molecule has 0 saturated heterocycles. The van der Waals surface area contributed by atoms with Gasteiger partial charge in [0.25, 0.3) is 5.91 Å². The van der Waals surface area contributed by atoms with E-state index >= 15 is 0 Å². The Morgan fingerprint density at radius 3 is 2.45 bits per heavy atom. The highest BCUT2D eigenvalue weighted by atomic mass is 35.5. The number of hydrogen-bond donors (Lipinski definition) is 1. The van der Waals surface area contributed by atoms with Gasteiger partial charge in [-0.3, -0.25) is 4.79 Å². The molecule has 1 amide bonds. The first-order valence-electron chi connectivity index (χ1n) is 13.1. The van der Waals surface area contributed by atoms with Gasteiger partial charge in [0, 0.05) is 47.5 Å². The molecule has 0 aliphatic carbocycles. The third-order valence-electron chi connectivity index (χ3n) is 7.55. The molecule has 0 fully saturated rings. The van der Waals surface area contributed by atoms with Crippen LogP contribution >= 0.6 is 11.6 Å². The molecule has 1 unspecified atom stereocenters. The molecule has 1 N–H and O–H groups in total. The van der Waals surface area contributed by atoms with E-state index in [4.69, 9.17) is 11.6 Å². The number of phenols is 1. The third-order valence-corrected chi connectivity index (χ3v) is 7.92. The lowest BCUT2D eigenvalue weighted by Gasteiger charge is -2.29. The van der Waals surface area contributed by atoms with Crippen molar-refractivity contribution in [1.29, 1.82) is 0 Å². The maximum Gasteiger partial charge on any atom is 0.330 e. The molecule has 1 aliphatic heterocycles. The lowest BCUT2D eigenvalue weighted by Crippen LogP contribution is -2.38. The Bertz CT molecular complexity index is 1630. The summed E-state index contributed by atoms with van der Waals surface area (Å²) in [5, 5.41) is 24.3. The fraction of sp³-hybridized carbons (Fsp3) is 0.258. The largest absolute Gasteiger partial charge is 0.507 e. The zero-order valence-corrected chi connectivity index (χ0v) is 23.5. The van der Waals surface area contributed by atoms with Gasteiger partial charge < -0.3 is 24.6 Å². The summed E-state index contributed by atoms with van der Waals surface area (Å²) in [6, 6.07) is 21.0. The number of nitro groups is 1. The molecule has 0 spiro atoms. The smallest absolute Gasteiger partial charge is 0.330 e. The Hall–Kier alpha value is -4.14. The maximum atomic E-state index is 13.4. The summed E-state index contributed by atoms with van der Waals surface area (Å²) in [4.78, 5) is 26.6. The number of aromatic hydroxyl groups is 1. The molecule has 0 saturated carbocycles. The summed E-state index contributed by atoms with van der Waals surface area (Å²) in [7, 11) is 5.86. The van der Waals surface area contributed by atoms with E-state index in [1.165, 1.54) is 17.7 Å². The van der Waals surface area contributed by atoms with Gasteiger partial charge >= 0.3 is 5.82 Å². The number of carbonyl (C=O) groups is 1. The number of anilines is 1. The van der Waals surface area contributed by atoms with Crippen LogP contribution in [0.5, 0.6) is 5.75 Å². The lowest BCUT2D eigenvalue weighted by molar-refractivity contribution is -0.917. The average Bonchev–Trinajstić information content (AvgIpc) is 3.44. The number of alkyl halides is 1. The van der Waals surface area contributed by atoms with Crippen molar-refractivity contribution in [3.05, 3.63) is 105 Å². The lowest BCUT2D eigenvalue weighted by atomic mass is 9.95. The average molecular weight is 560 g/mol. The molecule has 3 aromatic carbocycles. The van der Waals surface area contributed by atoms with Crippen molar-refractivity contribution in [2.75, 3.05) is 31.4 Å². The second-order valence-electron chi connectivity index (χ2n) is 11.0. The van der Waals surface area contributed by atoms with Crippen LogP contribution in [0, 0.1) is 10.1 Å². The molecule has 5 rings (SSSR count). The number of amides is 1. The number of nitrogens with zero attached hydrogens (tertiary/aromatic N) is 4. The van der Waals surface area contributed by atoms with Gasteiger partial charge in [0.2, 0.25) is 0 Å². The molecule has 4 aromatic rings. The Labute approximate surface area is 238 Å². The van der Waals surface area contributed by atoms with Crippen LogP contribution in [-0.4, -0.2) is 51.5 Å². The summed E-state index contributed by atoms with van der Waals surface area (Å²) in [5.74, 6) is -0.0844. The quantitative estimate of drug-likeness (QED) is 0.0949. The van der Waals surface area contributed by atoms with Gasteiger partial charge in [0.1, 0.15) is 18.8 Å². The van der Waals surface area contributed by atoms with Crippen LogP contribution in [0.25, 0.3) is 16.8 Å². The van der Waals surface area contributed by atoms with Crippen molar-refractivity contribution in [2.45, 2.75) is 19.0 Å². The fourth-order valence-electron chi connectivity index (χ4n) is 5.76. The summed E-state index contributed by atoms with van der Waals surface area (Å²) in [6.45, 7) is 1.70. The summed E-state index contributed by atoms with van der Waals surface area (Å²) in [6.07, 6.45) is 2.87. The van der Waals surface area contributed by atoms with Gasteiger partial charge in [0.15, 0.2) is 5.69 Å². The highest BCUT2D eigenvalue weighted by Gasteiger charge is 2.34. The number of rotatable bonds is 8. The van der Waals surface area contributed by atoms with Crippen molar-refractivity contribution >= 4 is 45.9 Å². The third kappa shape index (κ3) is 5.20. The van der Waals surface area contributed by atoms with Gasteiger partial charge in [-0.05, 0) is 21.9 Å². The van der Waals surface area contributed by atoms with E-state index < -0.39 is 4.92 Å². The zero-order chi connectivity index (χ0) is 28.6. The number of fused-ring (bicyclic) bond motifs is 3. The van der Waals surface area contributed by atoms with Gasteiger partial charge in [-0.1, -0.05) is 54.6 Å².